The lowest BCUT2D eigenvalue weighted by Gasteiger charge is -2.15. The highest BCUT2D eigenvalue weighted by molar-refractivity contribution is 9.10. The van der Waals surface area contributed by atoms with Crippen LogP contribution in [0.3, 0.4) is 0 Å². The maximum Gasteiger partial charge on any atom is 0.162 e. The summed E-state index contributed by atoms with van der Waals surface area (Å²) in [6.07, 6.45) is 2.21. The molecule has 0 radical (unpaired) electrons. The molecule has 0 unspecified atom stereocenters. The predicted octanol–water partition coefficient (Wildman–Crippen LogP) is 2.59. The first-order valence-electron chi connectivity index (χ1n) is 5.02. The first kappa shape index (κ1) is 10.8. The van der Waals surface area contributed by atoms with Crippen LogP contribution in [0.4, 0.5) is 0 Å². The molecule has 2 N–H and O–H groups in total. The van der Waals surface area contributed by atoms with Gasteiger partial charge in [-0.05, 0) is 31.5 Å². The standard InChI is InChI=1S/C11H14BrNO2/c1-15-10-6-7(12)5-8(11(10)14)9-3-2-4-13-9/h5-6,9,13-14H,2-4H2,1H3/t9-/m1/s1. The van der Waals surface area contributed by atoms with Crippen molar-refractivity contribution >= 4 is 15.9 Å². The predicted molar refractivity (Wildman–Crippen MR) is 62.3 cm³/mol. The van der Waals surface area contributed by atoms with Gasteiger partial charge in [0.05, 0.1) is 7.11 Å². The average molecular weight is 272 g/mol. The Balaban J connectivity index is 2.40. The molecular formula is C11H14BrNO2. The first-order chi connectivity index (χ1) is 7.22. The Bertz CT molecular complexity index is 362. The lowest BCUT2D eigenvalue weighted by Crippen LogP contribution is -2.13. The molecule has 0 spiro atoms. The fourth-order valence-electron chi connectivity index (χ4n) is 1.97. The summed E-state index contributed by atoms with van der Waals surface area (Å²) in [6, 6.07) is 3.96. The van der Waals surface area contributed by atoms with Gasteiger partial charge < -0.3 is 15.2 Å². The summed E-state index contributed by atoms with van der Waals surface area (Å²) in [5, 5.41) is 13.3. The molecule has 1 heterocycles. The number of hydrogen-bond donors (Lipinski definition) is 2. The monoisotopic (exact) mass is 271 g/mol. The highest BCUT2D eigenvalue weighted by Crippen LogP contribution is 2.39. The zero-order chi connectivity index (χ0) is 10.8. The fraction of sp³-hybridized carbons (Fsp3) is 0.455. The minimum absolute atomic E-state index is 0.247. The van der Waals surface area contributed by atoms with Crippen molar-refractivity contribution < 1.29 is 9.84 Å². The molecule has 0 aliphatic carbocycles. The number of methoxy groups -OCH3 is 1. The van der Waals surface area contributed by atoms with Crippen LogP contribution in [-0.2, 0) is 0 Å². The van der Waals surface area contributed by atoms with Crippen molar-refractivity contribution in [2.45, 2.75) is 18.9 Å². The highest BCUT2D eigenvalue weighted by atomic mass is 79.9. The molecule has 0 amide bonds. The van der Waals surface area contributed by atoms with E-state index in [4.69, 9.17) is 4.74 Å². The number of aromatic hydroxyl groups is 1. The Morgan fingerprint density at radius 2 is 2.33 bits per heavy atom. The normalized spacial score (nSPS) is 20.5. The summed E-state index contributed by atoms with van der Waals surface area (Å²) < 4.78 is 6.05. The Kier molecular flexibility index (Phi) is 3.17. The van der Waals surface area contributed by atoms with Gasteiger partial charge in [-0.1, -0.05) is 15.9 Å². The fourth-order valence-corrected chi connectivity index (χ4v) is 2.42. The summed E-state index contributed by atoms with van der Waals surface area (Å²) in [5.41, 5.74) is 0.915. The van der Waals surface area contributed by atoms with Gasteiger partial charge in [0.15, 0.2) is 11.5 Å². The van der Waals surface area contributed by atoms with Crippen molar-refractivity contribution in [3.8, 4) is 11.5 Å². The maximum absolute atomic E-state index is 9.99. The zero-order valence-corrected chi connectivity index (χ0v) is 10.2. The summed E-state index contributed by atoms with van der Waals surface area (Å²) in [6.45, 7) is 1.01. The van der Waals surface area contributed by atoms with E-state index in [2.05, 4.69) is 21.2 Å². The SMILES string of the molecule is COc1cc(Br)cc([C@H]2CCCN2)c1O. The second-order valence-corrected chi connectivity index (χ2v) is 4.61. The molecular weight excluding hydrogens is 258 g/mol. The molecule has 1 atom stereocenters. The molecule has 0 saturated carbocycles. The van der Waals surface area contributed by atoms with Crippen molar-refractivity contribution in [1.29, 1.82) is 0 Å². The Labute approximate surface area is 97.6 Å². The maximum atomic E-state index is 9.99. The number of phenols is 1. The third-order valence-electron chi connectivity index (χ3n) is 2.72. The molecule has 1 aromatic rings. The van der Waals surface area contributed by atoms with Crippen molar-refractivity contribution in [3.05, 3.63) is 22.2 Å². The van der Waals surface area contributed by atoms with Crippen molar-refractivity contribution in [1.82, 2.24) is 5.32 Å². The molecule has 0 aromatic heterocycles. The molecule has 15 heavy (non-hydrogen) atoms. The molecule has 3 nitrogen and oxygen atoms in total. The molecule has 4 heteroatoms. The molecule has 1 fully saturated rings. The van der Waals surface area contributed by atoms with Crippen LogP contribution in [0.25, 0.3) is 0 Å². The number of phenolic OH excluding ortho intramolecular Hbond substituents is 1. The van der Waals surface area contributed by atoms with Crippen LogP contribution in [0.2, 0.25) is 0 Å². The summed E-state index contributed by atoms with van der Waals surface area (Å²) in [7, 11) is 1.56. The number of ether oxygens (including phenoxy) is 1. The van der Waals surface area contributed by atoms with Gasteiger partial charge in [-0.15, -0.1) is 0 Å². The number of halogens is 1. The third-order valence-corrected chi connectivity index (χ3v) is 3.18. The quantitative estimate of drug-likeness (QED) is 0.869. The van der Waals surface area contributed by atoms with E-state index in [0.717, 1.165) is 29.4 Å². The van der Waals surface area contributed by atoms with Crippen molar-refractivity contribution in [2.75, 3.05) is 13.7 Å². The van der Waals surface area contributed by atoms with Crippen LogP contribution in [0.1, 0.15) is 24.4 Å². The molecule has 2 rings (SSSR count). The van der Waals surface area contributed by atoms with Crippen molar-refractivity contribution in [3.63, 3.8) is 0 Å². The van der Waals surface area contributed by atoms with Crippen LogP contribution in [-0.4, -0.2) is 18.8 Å². The minimum atomic E-state index is 0.247. The summed E-state index contributed by atoms with van der Waals surface area (Å²) in [4.78, 5) is 0. The Morgan fingerprint density at radius 1 is 1.53 bits per heavy atom. The number of hydrogen-bond acceptors (Lipinski definition) is 3. The van der Waals surface area contributed by atoms with Gasteiger partial charge in [-0.3, -0.25) is 0 Å². The summed E-state index contributed by atoms with van der Waals surface area (Å²) in [5.74, 6) is 0.771. The van der Waals surface area contributed by atoms with E-state index in [1.165, 1.54) is 0 Å². The minimum Gasteiger partial charge on any atom is -0.504 e. The molecule has 82 valence electrons. The van der Waals surface area contributed by atoms with E-state index < -0.39 is 0 Å². The van der Waals surface area contributed by atoms with Crippen LogP contribution >= 0.6 is 15.9 Å². The van der Waals surface area contributed by atoms with Gasteiger partial charge >= 0.3 is 0 Å². The first-order valence-corrected chi connectivity index (χ1v) is 5.81. The number of rotatable bonds is 2. The topological polar surface area (TPSA) is 41.5 Å². The van der Waals surface area contributed by atoms with Gasteiger partial charge in [0.1, 0.15) is 0 Å². The van der Waals surface area contributed by atoms with E-state index in [1.54, 1.807) is 13.2 Å². The highest BCUT2D eigenvalue weighted by Gasteiger charge is 2.21. The van der Waals surface area contributed by atoms with E-state index in [-0.39, 0.29) is 11.8 Å². The van der Waals surface area contributed by atoms with E-state index in [9.17, 15) is 5.11 Å². The van der Waals surface area contributed by atoms with Crippen LogP contribution in [0, 0.1) is 0 Å². The van der Waals surface area contributed by atoms with Crippen molar-refractivity contribution in [2.24, 2.45) is 0 Å². The average Bonchev–Trinajstić information content (AvgIpc) is 2.74. The van der Waals surface area contributed by atoms with E-state index in [0.29, 0.717) is 5.75 Å². The Morgan fingerprint density at radius 3 is 2.93 bits per heavy atom. The molecule has 1 saturated heterocycles. The van der Waals surface area contributed by atoms with Crippen LogP contribution in [0.15, 0.2) is 16.6 Å². The van der Waals surface area contributed by atoms with E-state index >= 15 is 0 Å². The number of benzene rings is 1. The van der Waals surface area contributed by atoms with Crippen LogP contribution in [0.5, 0.6) is 11.5 Å². The van der Waals surface area contributed by atoms with E-state index in [1.807, 2.05) is 6.07 Å². The molecule has 1 aromatic carbocycles. The smallest absolute Gasteiger partial charge is 0.162 e. The summed E-state index contributed by atoms with van der Waals surface area (Å²) >= 11 is 3.42. The second kappa shape index (κ2) is 4.41. The largest absolute Gasteiger partial charge is 0.504 e. The van der Waals surface area contributed by atoms with Gasteiger partial charge in [0, 0.05) is 16.1 Å². The van der Waals surface area contributed by atoms with Crippen LogP contribution < -0.4 is 10.1 Å². The molecule has 0 bridgehead atoms. The third kappa shape index (κ3) is 2.11. The second-order valence-electron chi connectivity index (χ2n) is 3.69. The Hall–Kier alpha value is -0.740. The van der Waals surface area contributed by atoms with Gasteiger partial charge in [-0.2, -0.15) is 0 Å². The van der Waals surface area contributed by atoms with Gasteiger partial charge in [0.2, 0.25) is 0 Å². The molecule has 1 aliphatic rings. The lowest BCUT2D eigenvalue weighted by molar-refractivity contribution is 0.367. The van der Waals surface area contributed by atoms with Gasteiger partial charge in [-0.25, -0.2) is 0 Å². The number of nitrogens with one attached hydrogen (secondary N) is 1. The zero-order valence-electron chi connectivity index (χ0n) is 8.59. The lowest BCUT2D eigenvalue weighted by atomic mass is 10.0. The van der Waals surface area contributed by atoms with Gasteiger partial charge in [0.25, 0.3) is 0 Å². The molecule has 1 aliphatic heterocycles.